The number of aliphatic hydroxyl groups is 1. The molecule has 1 rings (SSSR count). The van der Waals surface area contributed by atoms with Crippen LogP contribution in [0.4, 0.5) is 0 Å². The molecule has 0 saturated heterocycles. The van der Waals surface area contributed by atoms with Gasteiger partial charge in [-0.15, -0.1) is 0 Å². The summed E-state index contributed by atoms with van der Waals surface area (Å²) in [4.78, 5) is 0. The van der Waals surface area contributed by atoms with Crippen LogP contribution >= 0.6 is 0 Å². The summed E-state index contributed by atoms with van der Waals surface area (Å²) in [6, 6.07) is 0. The molecule has 0 amide bonds. The lowest BCUT2D eigenvalue weighted by molar-refractivity contribution is 0.0465. The first-order chi connectivity index (χ1) is 5.04. The number of hydrogen-bond donors (Lipinski definition) is 1. The predicted molar refractivity (Wildman–Crippen MR) is 47.4 cm³/mol. The Hall–Kier alpha value is -0.0400. The summed E-state index contributed by atoms with van der Waals surface area (Å²) in [6.45, 7) is 6.93. The second-order valence-corrected chi connectivity index (χ2v) is 4.54. The minimum atomic E-state index is -0.0122. The van der Waals surface area contributed by atoms with Gasteiger partial charge in [-0.3, -0.25) is 0 Å². The van der Waals surface area contributed by atoms with Crippen molar-refractivity contribution in [2.24, 2.45) is 11.3 Å². The van der Waals surface area contributed by atoms with E-state index in [2.05, 4.69) is 20.8 Å². The maximum Gasteiger partial charge on any atom is 0.0540 e. The molecule has 1 N–H and O–H groups in total. The summed E-state index contributed by atoms with van der Waals surface area (Å²) in [6.07, 6.45) is 4.41. The maximum absolute atomic E-state index is 9.32. The highest BCUT2D eigenvalue weighted by Crippen LogP contribution is 2.41. The minimum absolute atomic E-state index is 0.0122. The third kappa shape index (κ3) is 1.96. The third-order valence-electron chi connectivity index (χ3n) is 3.49. The van der Waals surface area contributed by atoms with Gasteiger partial charge >= 0.3 is 0 Å². The van der Waals surface area contributed by atoms with E-state index < -0.39 is 0 Å². The topological polar surface area (TPSA) is 20.2 Å². The van der Waals surface area contributed by atoms with Gasteiger partial charge in [0.05, 0.1) is 6.10 Å². The lowest BCUT2D eigenvalue weighted by Crippen LogP contribution is -2.31. The van der Waals surface area contributed by atoms with Crippen LogP contribution in [-0.2, 0) is 0 Å². The first-order valence-electron chi connectivity index (χ1n) is 4.73. The van der Waals surface area contributed by atoms with Crippen molar-refractivity contribution in [2.75, 3.05) is 0 Å². The van der Waals surface area contributed by atoms with E-state index in [4.69, 9.17) is 0 Å². The van der Waals surface area contributed by atoms with Gasteiger partial charge in [0.15, 0.2) is 0 Å². The Labute approximate surface area is 69.8 Å². The first-order valence-corrected chi connectivity index (χ1v) is 4.73. The summed E-state index contributed by atoms with van der Waals surface area (Å²) >= 11 is 0. The van der Waals surface area contributed by atoms with E-state index in [-0.39, 0.29) is 6.10 Å². The first kappa shape index (κ1) is 9.05. The van der Waals surface area contributed by atoms with Crippen molar-refractivity contribution in [3.05, 3.63) is 0 Å². The van der Waals surface area contributed by atoms with Gasteiger partial charge < -0.3 is 5.11 Å². The van der Waals surface area contributed by atoms with E-state index in [1.807, 2.05) is 0 Å². The second-order valence-electron chi connectivity index (χ2n) is 4.54. The van der Waals surface area contributed by atoms with Gasteiger partial charge in [-0.1, -0.05) is 20.8 Å². The van der Waals surface area contributed by atoms with Crippen LogP contribution in [0.2, 0.25) is 0 Å². The summed E-state index contributed by atoms with van der Waals surface area (Å²) in [5.74, 6) is 0.759. The van der Waals surface area contributed by atoms with Crippen molar-refractivity contribution in [3.63, 3.8) is 0 Å². The lowest BCUT2D eigenvalue weighted by Gasteiger charge is -2.39. The SMILES string of the molecule is CC(C)C1(C)CCC(O)CC1. The largest absolute Gasteiger partial charge is 0.393 e. The van der Waals surface area contributed by atoms with Crippen LogP contribution in [0.3, 0.4) is 0 Å². The van der Waals surface area contributed by atoms with Crippen molar-refractivity contribution in [1.29, 1.82) is 0 Å². The van der Waals surface area contributed by atoms with E-state index in [0.29, 0.717) is 5.41 Å². The Bertz CT molecular complexity index is 121. The lowest BCUT2D eigenvalue weighted by atomic mass is 9.68. The second kappa shape index (κ2) is 3.14. The van der Waals surface area contributed by atoms with Gasteiger partial charge in [0.25, 0.3) is 0 Å². The van der Waals surface area contributed by atoms with Gasteiger partial charge in [-0.2, -0.15) is 0 Å². The third-order valence-corrected chi connectivity index (χ3v) is 3.49. The Kier molecular flexibility index (Phi) is 2.58. The summed E-state index contributed by atoms with van der Waals surface area (Å²) in [5, 5.41) is 9.32. The fourth-order valence-electron chi connectivity index (χ4n) is 1.84. The Morgan fingerprint density at radius 3 is 2.09 bits per heavy atom. The van der Waals surface area contributed by atoms with Crippen LogP contribution < -0.4 is 0 Å². The molecule has 0 aromatic heterocycles. The molecule has 0 spiro atoms. The average molecular weight is 156 g/mol. The summed E-state index contributed by atoms with van der Waals surface area (Å²) in [5.41, 5.74) is 0.499. The molecule has 1 aliphatic rings. The van der Waals surface area contributed by atoms with Gasteiger partial charge in [-0.05, 0) is 37.0 Å². The molecule has 66 valence electrons. The minimum Gasteiger partial charge on any atom is -0.393 e. The molecule has 1 saturated carbocycles. The highest BCUT2D eigenvalue weighted by atomic mass is 16.3. The maximum atomic E-state index is 9.32. The van der Waals surface area contributed by atoms with E-state index in [1.165, 1.54) is 12.8 Å². The van der Waals surface area contributed by atoms with Crippen LogP contribution in [0.25, 0.3) is 0 Å². The molecule has 0 unspecified atom stereocenters. The van der Waals surface area contributed by atoms with Gasteiger partial charge in [0, 0.05) is 0 Å². The number of hydrogen-bond acceptors (Lipinski definition) is 1. The monoisotopic (exact) mass is 156 g/mol. The van der Waals surface area contributed by atoms with Gasteiger partial charge in [-0.25, -0.2) is 0 Å². The van der Waals surface area contributed by atoms with Crippen LogP contribution in [0.1, 0.15) is 46.5 Å². The fraction of sp³-hybridized carbons (Fsp3) is 1.00. The van der Waals surface area contributed by atoms with Crippen LogP contribution in [-0.4, -0.2) is 11.2 Å². The van der Waals surface area contributed by atoms with Crippen LogP contribution in [0.5, 0.6) is 0 Å². The molecule has 0 heterocycles. The molecule has 0 aliphatic heterocycles. The Morgan fingerprint density at radius 1 is 1.27 bits per heavy atom. The molecule has 0 aromatic rings. The van der Waals surface area contributed by atoms with E-state index in [0.717, 1.165) is 18.8 Å². The quantitative estimate of drug-likeness (QED) is 0.618. The molecule has 0 bridgehead atoms. The number of rotatable bonds is 1. The summed E-state index contributed by atoms with van der Waals surface area (Å²) < 4.78 is 0. The smallest absolute Gasteiger partial charge is 0.0540 e. The van der Waals surface area contributed by atoms with E-state index >= 15 is 0 Å². The predicted octanol–water partition coefficient (Wildman–Crippen LogP) is 2.58. The molecule has 11 heavy (non-hydrogen) atoms. The van der Waals surface area contributed by atoms with Gasteiger partial charge in [0.2, 0.25) is 0 Å². The number of aliphatic hydroxyl groups excluding tert-OH is 1. The molecule has 0 radical (unpaired) electrons. The summed E-state index contributed by atoms with van der Waals surface area (Å²) in [7, 11) is 0. The van der Waals surface area contributed by atoms with E-state index in [9.17, 15) is 5.11 Å². The zero-order valence-corrected chi connectivity index (χ0v) is 7.93. The molecule has 1 fully saturated rings. The van der Waals surface area contributed by atoms with E-state index in [1.54, 1.807) is 0 Å². The molecule has 0 aromatic carbocycles. The van der Waals surface area contributed by atoms with Gasteiger partial charge in [0.1, 0.15) is 0 Å². The van der Waals surface area contributed by atoms with Crippen molar-refractivity contribution < 1.29 is 5.11 Å². The normalized spacial score (nSPS) is 39.5. The average Bonchev–Trinajstić information content (AvgIpc) is 1.95. The zero-order valence-electron chi connectivity index (χ0n) is 7.93. The van der Waals surface area contributed by atoms with Crippen molar-refractivity contribution >= 4 is 0 Å². The van der Waals surface area contributed by atoms with Crippen molar-refractivity contribution in [2.45, 2.75) is 52.6 Å². The van der Waals surface area contributed by atoms with Crippen LogP contribution in [0.15, 0.2) is 0 Å². The van der Waals surface area contributed by atoms with Crippen molar-refractivity contribution in [1.82, 2.24) is 0 Å². The molecular formula is C10H20O. The molecule has 1 heteroatoms. The fourth-order valence-corrected chi connectivity index (χ4v) is 1.84. The molecule has 1 nitrogen and oxygen atoms in total. The molecule has 1 aliphatic carbocycles. The molecular weight excluding hydrogens is 136 g/mol. The standard InChI is InChI=1S/C10H20O/c1-8(2)10(3)6-4-9(11)5-7-10/h8-9,11H,4-7H2,1-3H3. The van der Waals surface area contributed by atoms with Crippen LogP contribution in [0, 0.1) is 11.3 Å². The van der Waals surface area contributed by atoms with Crippen molar-refractivity contribution in [3.8, 4) is 0 Å². The highest BCUT2D eigenvalue weighted by Gasteiger charge is 2.32. The Morgan fingerprint density at radius 2 is 1.73 bits per heavy atom. The molecule has 0 atom stereocenters. The Balaban J connectivity index is 2.48. The zero-order chi connectivity index (χ0) is 8.48. The highest BCUT2D eigenvalue weighted by molar-refractivity contribution is 4.83.